The van der Waals surface area contributed by atoms with Gasteiger partial charge >= 0.3 is 12.0 Å². The van der Waals surface area contributed by atoms with E-state index in [0.29, 0.717) is 5.75 Å². The molecule has 7 heteroatoms. The maximum Gasteiger partial charge on any atom is 0.338 e. The number of amides is 3. The zero-order valence-corrected chi connectivity index (χ0v) is 11.3. The Hall–Kier alpha value is -2.83. The maximum absolute atomic E-state index is 11.9. The van der Waals surface area contributed by atoms with E-state index in [1.54, 1.807) is 18.2 Å². The Morgan fingerprint density at radius 1 is 1.33 bits per heavy atom. The van der Waals surface area contributed by atoms with Gasteiger partial charge in [0.05, 0.1) is 5.57 Å². The summed E-state index contributed by atoms with van der Waals surface area (Å²) in [5.41, 5.74) is 5.85. The standard InChI is InChI=1S/C14H14N2O5/c1-8(12(17)16-14(15)19)21-13(18)10-6-9-4-2-3-5-11(9)20-7-10/h2-6,8H,7H2,1H3,(H3,15,16,17,19). The fourth-order valence-electron chi connectivity index (χ4n) is 1.75. The summed E-state index contributed by atoms with van der Waals surface area (Å²) in [7, 11) is 0. The summed E-state index contributed by atoms with van der Waals surface area (Å²) in [5, 5.41) is 1.84. The van der Waals surface area contributed by atoms with Crippen molar-refractivity contribution in [3.63, 3.8) is 0 Å². The number of esters is 1. The predicted octanol–water partition coefficient (Wildman–Crippen LogP) is 0.589. The van der Waals surface area contributed by atoms with E-state index in [2.05, 4.69) is 0 Å². The van der Waals surface area contributed by atoms with Crippen molar-refractivity contribution in [3.05, 3.63) is 35.4 Å². The molecule has 0 saturated carbocycles. The van der Waals surface area contributed by atoms with Crippen molar-refractivity contribution in [2.75, 3.05) is 6.61 Å². The topological polar surface area (TPSA) is 108 Å². The number of nitrogens with one attached hydrogen (secondary N) is 1. The monoisotopic (exact) mass is 290 g/mol. The normalized spacial score (nSPS) is 14.0. The summed E-state index contributed by atoms with van der Waals surface area (Å²) in [6.45, 7) is 1.40. The molecule has 110 valence electrons. The molecule has 0 spiro atoms. The second-order valence-electron chi connectivity index (χ2n) is 4.40. The molecule has 1 aliphatic heterocycles. The highest BCUT2D eigenvalue weighted by molar-refractivity contribution is 5.99. The van der Waals surface area contributed by atoms with Gasteiger partial charge in [0.2, 0.25) is 0 Å². The summed E-state index contributed by atoms with van der Waals surface area (Å²) < 4.78 is 10.4. The smallest absolute Gasteiger partial charge is 0.338 e. The van der Waals surface area contributed by atoms with Gasteiger partial charge in [0.15, 0.2) is 6.10 Å². The molecule has 1 atom stereocenters. The lowest BCUT2D eigenvalue weighted by Crippen LogP contribution is -2.42. The number of imide groups is 1. The van der Waals surface area contributed by atoms with Gasteiger partial charge in [0.25, 0.3) is 5.91 Å². The SMILES string of the molecule is CC(OC(=O)C1=Cc2ccccc2OC1)C(=O)NC(N)=O. The molecule has 0 bridgehead atoms. The Labute approximate surface area is 120 Å². The lowest BCUT2D eigenvalue weighted by Gasteiger charge is -2.18. The Balaban J connectivity index is 2.03. The van der Waals surface area contributed by atoms with Crippen LogP contribution in [0.15, 0.2) is 29.8 Å². The van der Waals surface area contributed by atoms with Gasteiger partial charge in [-0.05, 0) is 19.1 Å². The first-order valence-corrected chi connectivity index (χ1v) is 6.21. The minimum atomic E-state index is -1.14. The van der Waals surface area contributed by atoms with Crippen LogP contribution in [-0.4, -0.2) is 30.6 Å². The third-order valence-corrected chi connectivity index (χ3v) is 2.79. The van der Waals surface area contributed by atoms with Gasteiger partial charge < -0.3 is 15.2 Å². The number of para-hydroxylation sites is 1. The van der Waals surface area contributed by atoms with Gasteiger partial charge in [0, 0.05) is 5.56 Å². The molecule has 3 amide bonds. The minimum absolute atomic E-state index is 0.0556. The largest absolute Gasteiger partial charge is 0.488 e. The number of hydrogen-bond donors (Lipinski definition) is 2. The molecule has 0 fully saturated rings. The van der Waals surface area contributed by atoms with Crippen molar-refractivity contribution in [3.8, 4) is 5.75 Å². The van der Waals surface area contributed by atoms with Gasteiger partial charge in [-0.1, -0.05) is 18.2 Å². The molecular weight excluding hydrogens is 276 g/mol. The van der Waals surface area contributed by atoms with Crippen molar-refractivity contribution >= 4 is 24.0 Å². The number of primary amides is 1. The van der Waals surface area contributed by atoms with Crippen molar-refractivity contribution < 1.29 is 23.9 Å². The number of carbonyl (C=O) groups excluding carboxylic acids is 3. The summed E-state index contributed by atoms with van der Waals surface area (Å²) >= 11 is 0. The van der Waals surface area contributed by atoms with Gasteiger partial charge in [-0.3, -0.25) is 10.1 Å². The molecule has 1 aliphatic rings. The second-order valence-corrected chi connectivity index (χ2v) is 4.40. The van der Waals surface area contributed by atoms with E-state index >= 15 is 0 Å². The Kier molecular flexibility index (Phi) is 4.22. The van der Waals surface area contributed by atoms with Crippen LogP contribution in [0.25, 0.3) is 6.08 Å². The van der Waals surface area contributed by atoms with E-state index < -0.39 is 24.0 Å². The number of nitrogens with two attached hydrogens (primary N) is 1. The van der Waals surface area contributed by atoms with Crippen LogP contribution in [0.2, 0.25) is 0 Å². The first-order chi connectivity index (χ1) is 9.97. The number of urea groups is 1. The first kappa shape index (κ1) is 14.6. The Morgan fingerprint density at radius 3 is 2.76 bits per heavy atom. The van der Waals surface area contributed by atoms with Crippen LogP contribution in [0.5, 0.6) is 5.75 Å². The van der Waals surface area contributed by atoms with Gasteiger partial charge in [-0.25, -0.2) is 9.59 Å². The van der Waals surface area contributed by atoms with Crippen molar-refractivity contribution in [2.45, 2.75) is 13.0 Å². The molecule has 0 radical (unpaired) electrons. The quantitative estimate of drug-likeness (QED) is 0.792. The minimum Gasteiger partial charge on any atom is -0.488 e. The summed E-state index contributed by atoms with van der Waals surface area (Å²) in [5.74, 6) is -0.793. The van der Waals surface area contributed by atoms with Gasteiger partial charge in [-0.2, -0.15) is 0 Å². The third-order valence-electron chi connectivity index (χ3n) is 2.79. The Bertz CT molecular complexity index is 624. The molecular formula is C14H14N2O5. The average molecular weight is 290 g/mol. The lowest BCUT2D eigenvalue weighted by atomic mass is 10.1. The molecule has 21 heavy (non-hydrogen) atoms. The van der Waals surface area contributed by atoms with Gasteiger partial charge in [-0.15, -0.1) is 0 Å². The number of carbonyl (C=O) groups is 3. The van der Waals surface area contributed by atoms with Crippen LogP contribution in [0.4, 0.5) is 4.79 Å². The maximum atomic E-state index is 11.9. The molecule has 3 N–H and O–H groups in total. The second kappa shape index (κ2) is 6.08. The lowest BCUT2D eigenvalue weighted by molar-refractivity contribution is -0.151. The van der Waals surface area contributed by atoms with Crippen molar-refractivity contribution in [1.29, 1.82) is 0 Å². The molecule has 1 unspecified atom stereocenters. The average Bonchev–Trinajstić information content (AvgIpc) is 2.45. The van der Waals surface area contributed by atoms with Crippen molar-refractivity contribution in [2.24, 2.45) is 5.73 Å². The van der Waals surface area contributed by atoms with Crippen LogP contribution < -0.4 is 15.8 Å². The van der Waals surface area contributed by atoms with E-state index in [1.165, 1.54) is 6.92 Å². The van der Waals surface area contributed by atoms with E-state index in [-0.39, 0.29) is 12.2 Å². The highest BCUT2D eigenvalue weighted by Gasteiger charge is 2.23. The number of ether oxygens (including phenoxy) is 2. The Morgan fingerprint density at radius 2 is 2.05 bits per heavy atom. The fourth-order valence-corrected chi connectivity index (χ4v) is 1.75. The summed E-state index contributed by atoms with van der Waals surface area (Å²) in [6.07, 6.45) is 0.503. The predicted molar refractivity (Wildman–Crippen MR) is 73.2 cm³/mol. The molecule has 0 saturated heterocycles. The van der Waals surface area contributed by atoms with Crippen LogP contribution in [0.3, 0.4) is 0 Å². The van der Waals surface area contributed by atoms with E-state index in [1.807, 2.05) is 17.4 Å². The van der Waals surface area contributed by atoms with Crippen LogP contribution in [0, 0.1) is 0 Å². The molecule has 1 aromatic carbocycles. The highest BCUT2D eigenvalue weighted by Crippen LogP contribution is 2.26. The zero-order valence-electron chi connectivity index (χ0n) is 11.3. The van der Waals surface area contributed by atoms with E-state index in [0.717, 1.165) is 5.56 Å². The molecule has 2 rings (SSSR count). The fraction of sp³-hybridized carbons (Fsp3) is 0.214. The first-order valence-electron chi connectivity index (χ1n) is 6.21. The summed E-state index contributed by atoms with van der Waals surface area (Å²) in [6, 6.07) is 6.22. The molecule has 0 aromatic heterocycles. The third kappa shape index (κ3) is 3.59. The number of fused-ring (bicyclic) bond motifs is 1. The summed E-state index contributed by atoms with van der Waals surface area (Å²) in [4.78, 5) is 33.9. The molecule has 7 nitrogen and oxygen atoms in total. The number of hydrogen-bond acceptors (Lipinski definition) is 5. The van der Waals surface area contributed by atoms with Crippen LogP contribution in [0.1, 0.15) is 12.5 Å². The zero-order chi connectivity index (χ0) is 15.4. The van der Waals surface area contributed by atoms with E-state index in [4.69, 9.17) is 15.2 Å². The number of rotatable bonds is 3. The molecule has 0 aliphatic carbocycles. The van der Waals surface area contributed by atoms with Crippen molar-refractivity contribution in [1.82, 2.24) is 5.32 Å². The van der Waals surface area contributed by atoms with Crippen LogP contribution >= 0.6 is 0 Å². The molecule has 1 aromatic rings. The van der Waals surface area contributed by atoms with Crippen LogP contribution in [-0.2, 0) is 14.3 Å². The van der Waals surface area contributed by atoms with Gasteiger partial charge in [0.1, 0.15) is 12.4 Å². The molecule has 1 heterocycles. The van der Waals surface area contributed by atoms with E-state index in [9.17, 15) is 14.4 Å². The highest BCUT2D eigenvalue weighted by atomic mass is 16.6. The number of benzene rings is 1.